The molecule has 0 aromatic carbocycles. The minimum atomic E-state index is -3.19. The van der Waals surface area contributed by atoms with Gasteiger partial charge in [0.2, 0.25) is 10.0 Å². The topological polar surface area (TPSA) is 85.1 Å². The lowest BCUT2D eigenvalue weighted by Gasteiger charge is -2.06. The number of nitrogens with two attached hydrogens (primary N) is 1. The summed E-state index contributed by atoms with van der Waals surface area (Å²) in [5, 5.41) is 0. The molecule has 0 amide bonds. The first-order chi connectivity index (χ1) is 8.64. The van der Waals surface area contributed by atoms with Gasteiger partial charge in [0, 0.05) is 24.9 Å². The molecule has 6 heteroatoms. The standard InChI is InChI=1S/C12H21N3O2S/c13-8-3-1-4-10-15-18(16,17)11-7-12-6-2-5-9-14-12/h2,5-6,9,15H,1,3-4,7-8,10-11,13H2. The molecule has 18 heavy (non-hydrogen) atoms. The Morgan fingerprint density at radius 1 is 1.22 bits per heavy atom. The maximum atomic E-state index is 11.7. The summed E-state index contributed by atoms with van der Waals surface area (Å²) < 4.78 is 25.9. The highest BCUT2D eigenvalue weighted by molar-refractivity contribution is 7.89. The highest BCUT2D eigenvalue weighted by Crippen LogP contribution is 1.98. The number of pyridine rings is 1. The van der Waals surface area contributed by atoms with E-state index in [1.54, 1.807) is 6.20 Å². The Balaban J connectivity index is 2.23. The molecule has 102 valence electrons. The Bertz CT molecular complexity index is 420. The number of unbranched alkanes of at least 4 members (excludes halogenated alkanes) is 2. The van der Waals surface area contributed by atoms with Crippen molar-refractivity contribution in [2.24, 2.45) is 5.73 Å². The molecule has 0 fully saturated rings. The van der Waals surface area contributed by atoms with Crippen molar-refractivity contribution in [3.05, 3.63) is 30.1 Å². The molecule has 1 aromatic rings. The number of aromatic nitrogens is 1. The zero-order valence-corrected chi connectivity index (χ0v) is 11.3. The maximum absolute atomic E-state index is 11.7. The molecular weight excluding hydrogens is 250 g/mol. The van der Waals surface area contributed by atoms with Crippen molar-refractivity contribution in [3.63, 3.8) is 0 Å². The molecule has 0 aliphatic heterocycles. The fraction of sp³-hybridized carbons (Fsp3) is 0.583. The highest BCUT2D eigenvalue weighted by atomic mass is 32.2. The first-order valence-corrected chi connectivity index (χ1v) is 7.86. The molecular formula is C12H21N3O2S. The van der Waals surface area contributed by atoms with Crippen LogP contribution in [0.4, 0.5) is 0 Å². The lowest BCUT2D eigenvalue weighted by molar-refractivity contribution is 0.574. The largest absolute Gasteiger partial charge is 0.330 e. The van der Waals surface area contributed by atoms with Crippen LogP contribution in [0.2, 0.25) is 0 Å². The summed E-state index contributed by atoms with van der Waals surface area (Å²) in [7, 11) is -3.19. The van der Waals surface area contributed by atoms with Crippen LogP contribution in [0.1, 0.15) is 25.0 Å². The second-order valence-corrected chi connectivity index (χ2v) is 6.06. The molecule has 0 bridgehead atoms. The van der Waals surface area contributed by atoms with Gasteiger partial charge in [-0.2, -0.15) is 0 Å². The van der Waals surface area contributed by atoms with Gasteiger partial charge in [-0.1, -0.05) is 12.5 Å². The molecule has 0 radical (unpaired) electrons. The number of nitrogens with one attached hydrogen (secondary N) is 1. The van der Waals surface area contributed by atoms with E-state index in [1.807, 2.05) is 18.2 Å². The average Bonchev–Trinajstić information content (AvgIpc) is 2.38. The van der Waals surface area contributed by atoms with Gasteiger partial charge < -0.3 is 5.73 Å². The van der Waals surface area contributed by atoms with Crippen molar-refractivity contribution in [1.29, 1.82) is 0 Å². The third-order valence-electron chi connectivity index (χ3n) is 2.56. The van der Waals surface area contributed by atoms with Gasteiger partial charge in [-0.3, -0.25) is 4.98 Å². The van der Waals surface area contributed by atoms with Gasteiger partial charge >= 0.3 is 0 Å². The quantitative estimate of drug-likeness (QED) is 0.647. The van der Waals surface area contributed by atoms with E-state index in [9.17, 15) is 8.42 Å². The van der Waals surface area contributed by atoms with E-state index < -0.39 is 10.0 Å². The fourth-order valence-electron chi connectivity index (χ4n) is 1.53. The Kier molecular flexibility index (Phi) is 6.85. The Morgan fingerprint density at radius 3 is 2.72 bits per heavy atom. The van der Waals surface area contributed by atoms with Crippen molar-refractivity contribution in [2.45, 2.75) is 25.7 Å². The van der Waals surface area contributed by atoms with Crippen LogP contribution in [0.3, 0.4) is 0 Å². The summed E-state index contributed by atoms with van der Waals surface area (Å²) in [5.74, 6) is 0.0842. The van der Waals surface area contributed by atoms with Gasteiger partial charge in [-0.15, -0.1) is 0 Å². The second kappa shape index (κ2) is 8.18. The number of sulfonamides is 1. The van der Waals surface area contributed by atoms with Crippen LogP contribution in [-0.2, 0) is 16.4 Å². The molecule has 0 saturated carbocycles. The first kappa shape index (κ1) is 15.1. The van der Waals surface area contributed by atoms with Gasteiger partial charge in [0.05, 0.1) is 5.75 Å². The molecule has 1 heterocycles. The zero-order chi connectivity index (χ0) is 13.3. The van der Waals surface area contributed by atoms with Crippen LogP contribution in [0, 0.1) is 0 Å². The number of nitrogens with zero attached hydrogens (tertiary/aromatic N) is 1. The molecule has 0 spiro atoms. The van der Waals surface area contributed by atoms with Gasteiger partial charge in [0.1, 0.15) is 0 Å². The Hall–Kier alpha value is -0.980. The summed E-state index contributed by atoms with van der Waals surface area (Å²) in [6.45, 7) is 1.15. The minimum Gasteiger partial charge on any atom is -0.330 e. The summed E-state index contributed by atoms with van der Waals surface area (Å²) in [6.07, 6.45) is 4.84. The van der Waals surface area contributed by atoms with E-state index in [1.165, 1.54) is 0 Å². The van der Waals surface area contributed by atoms with E-state index >= 15 is 0 Å². The van der Waals surface area contributed by atoms with E-state index in [0.717, 1.165) is 25.0 Å². The number of hydrogen-bond acceptors (Lipinski definition) is 4. The molecule has 5 nitrogen and oxygen atoms in total. The molecule has 1 rings (SSSR count). The summed E-state index contributed by atoms with van der Waals surface area (Å²) >= 11 is 0. The number of hydrogen-bond donors (Lipinski definition) is 2. The minimum absolute atomic E-state index is 0.0842. The zero-order valence-electron chi connectivity index (χ0n) is 10.5. The van der Waals surface area contributed by atoms with Crippen LogP contribution >= 0.6 is 0 Å². The molecule has 0 aliphatic rings. The molecule has 0 saturated heterocycles. The molecule has 0 aliphatic carbocycles. The summed E-state index contributed by atoms with van der Waals surface area (Å²) in [5.41, 5.74) is 6.16. The Morgan fingerprint density at radius 2 is 2.06 bits per heavy atom. The SMILES string of the molecule is NCCCCCNS(=O)(=O)CCc1ccccn1. The van der Waals surface area contributed by atoms with Gasteiger partial charge in [0.15, 0.2) is 0 Å². The van der Waals surface area contributed by atoms with Crippen molar-refractivity contribution in [2.75, 3.05) is 18.8 Å². The predicted molar refractivity (Wildman–Crippen MR) is 72.6 cm³/mol. The smallest absolute Gasteiger partial charge is 0.211 e. The van der Waals surface area contributed by atoms with Crippen LogP contribution in [-0.4, -0.2) is 32.2 Å². The van der Waals surface area contributed by atoms with Gasteiger partial charge in [-0.05, 0) is 31.5 Å². The predicted octanol–water partition coefficient (Wildman–Crippen LogP) is 0.673. The maximum Gasteiger partial charge on any atom is 0.211 e. The normalized spacial score (nSPS) is 11.6. The van der Waals surface area contributed by atoms with Crippen LogP contribution in [0.15, 0.2) is 24.4 Å². The van der Waals surface area contributed by atoms with Gasteiger partial charge in [-0.25, -0.2) is 13.1 Å². The van der Waals surface area contributed by atoms with E-state index in [0.29, 0.717) is 19.5 Å². The van der Waals surface area contributed by atoms with Crippen molar-refractivity contribution in [3.8, 4) is 0 Å². The van der Waals surface area contributed by atoms with Crippen molar-refractivity contribution in [1.82, 2.24) is 9.71 Å². The van der Waals surface area contributed by atoms with E-state index in [4.69, 9.17) is 5.73 Å². The molecule has 3 N–H and O–H groups in total. The van der Waals surface area contributed by atoms with E-state index in [-0.39, 0.29) is 5.75 Å². The third-order valence-corrected chi connectivity index (χ3v) is 3.94. The number of aryl methyl sites for hydroxylation is 1. The summed E-state index contributed by atoms with van der Waals surface area (Å²) in [6, 6.07) is 5.50. The molecule has 1 aromatic heterocycles. The molecule has 0 atom stereocenters. The fourth-order valence-corrected chi connectivity index (χ4v) is 2.61. The van der Waals surface area contributed by atoms with Crippen LogP contribution < -0.4 is 10.5 Å². The number of rotatable bonds is 9. The van der Waals surface area contributed by atoms with Crippen LogP contribution in [0.25, 0.3) is 0 Å². The molecule has 0 unspecified atom stereocenters. The highest BCUT2D eigenvalue weighted by Gasteiger charge is 2.09. The third kappa shape index (κ3) is 6.68. The summed E-state index contributed by atoms with van der Waals surface area (Å²) in [4.78, 5) is 4.10. The first-order valence-electron chi connectivity index (χ1n) is 6.21. The lowest BCUT2D eigenvalue weighted by atomic mass is 10.2. The van der Waals surface area contributed by atoms with Crippen molar-refractivity contribution < 1.29 is 8.42 Å². The van der Waals surface area contributed by atoms with E-state index in [2.05, 4.69) is 9.71 Å². The monoisotopic (exact) mass is 271 g/mol. The Labute approximate surface area is 109 Å². The van der Waals surface area contributed by atoms with Crippen LogP contribution in [0.5, 0.6) is 0 Å². The second-order valence-electron chi connectivity index (χ2n) is 4.13. The average molecular weight is 271 g/mol. The van der Waals surface area contributed by atoms with Gasteiger partial charge in [0.25, 0.3) is 0 Å². The van der Waals surface area contributed by atoms with Crippen molar-refractivity contribution >= 4 is 10.0 Å². The lowest BCUT2D eigenvalue weighted by Crippen LogP contribution is -2.28.